The van der Waals surface area contributed by atoms with Crippen LogP contribution in [0.5, 0.6) is 0 Å². The normalized spacial score (nSPS) is 18.3. The fourth-order valence-electron chi connectivity index (χ4n) is 4.23. The maximum Gasteiger partial charge on any atom is 0.410 e. The summed E-state index contributed by atoms with van der Waals surface area (Å²) in [5.74, 6) is -1.55. The molecule has 1 amide bonds. The lowest BCUT2D eigenvalue weighted by Crippen LogP contribution is -2.60. The summed E-state index contributed by atoms with van der Waals surface area (Å²) < 4.78 is 30.8. The number of hydrogen-bond donors (Lipinski definition) is 0. The Labute approximate surface area is 209 Å². The van der Waals surface area contributed by atoms with Crippen LogP contribution in [0.25, 0.3) is 0 Å². The first kappa shape index (κ1) is 27.1. The van der Waals surface area contributed by atoms with Gasteiger partial charge in [0, 0.05) is 13.1 Å². The van der Waals surface area contributed by atoms with Crippen LogP contribution in [0.15, 0.2) is 36.8 Å². The molecule has 0 aliphatic carbocycles. The van der Waals surface area contributed by atoms with Crippen molar-refractivity contribution in [3.05, 3.63) is 53.9 Å². The summed E-state index contributed by atoms with van der Waals surface area (Å²) in [6.45, 7) is 7.54. The van der Waals surface area contributed by atoms with Crippen LogP contribution in [0.4, 0.5) is 9.18 Å². The summed E-state index contributed by atoms with van der Waals surface area (Å²) in [6, 6.07) is 3.79. The van der Waals surface area contributed by atoms with Gasteiger partial charge in [-0.05, 0) is 45.4 Å². The summed E-state index contributed by atoms with van der Waals surface area (Å²) >= 11 is 0. The smallest absolute Gasteiger partial charge is 0.410 e. The predicted molar refractivity (Wildman–Crippen MR) is 128 cm³/mol. The fraction of sp³-hybridized carbons (Fsp3) is 0.520. The zero-order chi connectivity index (χ0) is 26.6. The average molecular weight is 505 g/mol. The molecule has 0 saturated carbocycles. The van der Waals surface area contributed by atoms with Crippen molar-refractivity contribution in [3.8, 4) is 0 Å². The number of carbonyl (C=O) groups excluding carboxylic acids is 3. The zero-order valence-electron chi connectivity index (χ0n) is 21.4. The lowest BCUT2D eigenvalue weighted by Gasteiger charge is -2.42. The second-order valence-corrected chi connectivity index (χ2v) is 9.58. The second-order valence-electron chi connectivity index (χ2n) is 9.58. The van der Waals surface area contributed by atoms with Crippen molar-refractivity contribution < 1.29 is 33.0 Å². The number of ether oxygens (including phenoxy) is 3. The number of piperazine rings is 1. The molecule has 11 heteroatoms. The van der Waals surface area contributed by atoms with Gasteiger partial charge in [-0.2, -0.15) is 0 Å². The molecule has 1 aromatic carbocycles. The van der Waals surface area contributed by atoms with Gasteiger partial charge in [-0.25, -0.2) is 19.0 Å². The molecule has 1 fully saturated rings. The van der Waals surface area contributed by atoms with Crippen molar-refractivity contribution >= 4 is 18.0 Å². The highest BCUT2D eigenvalue weighted by atomic mass is 19.1. The van der Waals surface area contributed by atoms with Crippen LogP contribution in [0.2, 0.25) is 0 Å². The Morgan fingerprint density at radius 2 is 1.75 bits per heavy atom. The van der Waals surface area contributed by atoms with Crippen molar-refractivity contribution in [2.45, 2.75) is 51.4 Å². The van der Waals surface area contributed by atoms with Gasteiger partial charge in [0.2, 0.25) is 0 Å². The number of hydrogen-bond acceptors (Lipinski definition) is 8. The SMILES string of the molecule is COC(=O)C1CN(C(=O)OC(C)(C)C)CCN1C(C(=O)OC)c1cncn1C(C)c1ccc(F)cc1. The number of carbonyl (C=O) groups is 3. The zero-order valence-corrected chi connectivity index (χ0v) is 21.4. The minimum atomic E-state index is -1.01. The molecule has 3 rings (SSSR count). The number of nitrogens with zero attached hydrogens (tertiary/aromatic N) is 4. The molecule has 36 heavy (non-hydrogen) atoms. The van der Waals surface area contributed by atoms with E-state index in [4.69, 9.17) is 14.2 Å². The van der Waals surface area contributed by atoms with Gasteiger partial charge in [-0.15, -0.1) is 0 Å². The molecule has 0 radical (unpaired) electrons. The maximum atomic E-state index is 13.5. The molecule has 0 spiro atoms. The lowest BCUT2D eigenvalue weighted by molar-refractivity contribution is -0.158. The number of rotatable bonds is 6. The van der Waals surface area contributed by atoms with Crippen LogP contribution in [-0.2, 0) is 23.8 Å². The summed E-state index contributed by atoms with van der Waals surface area (Å²) in [5.41, 5.74) is 0.587. The Balaban J connectivity index is 1.96. The van der Waals surface area contributed by atoms with Gasteiger partial charge in [0.1, 0.15) is 17.5 Å². The van der Waals surface area contributed by atoms with Gasteiger partial charge >= 0.3 is 18.0 Å². The average Bonchev–Trinajstić information content (AvgIpc) is 3.32. The molecule has 196 valence electrons. The Morgan fingerprint density at radius 3 is 2.33 bits per heavy atom. The van der Waals surface area contributed by atoms with Gasteiger partial charge in [-0.3, -0.25) is 9.69 Å². The largest absolute Gasteiger partial charge is 0.468 e. The number of aromatic nitrogens is 2. The minimum absolute atomic E-state index is 0.0310. The van der Waals surface area contributed by atoms with Crippen molar-refractivity contribution in [2.24, 2.45) is 0 Å². The van der Waals surface area contributed by atoms with E-state index in [2.05, 4.69) is 4.98 Å². The van der Waals surface area contributed by atoms with E-state index in [0.717, 1.165) is 5.56 Å². The molecule has 10 nitrogen and oxygen atoms in total. The van der Waals surface area contributed by atoms with Crippen LogP contribution in [-0.4, -0.2) is 82.9 Å². The van der Waals surface area contributed by atoms with Gasteiger partial charge in [0.15, 0.2) is 6.04 Å². The molecule has 3 atom stereocenters. The molecule has 2 heterocycles. The number of imidazole rings is 1. The molecular formula is C25H33FN4O6. The number of benzene rings is 1. The van der Waals surface area contributed by atoms with E-state index in [-0.39, 0.29) is 31.5 Å². The molecule has 1 aliphatic heterocycles. The van der Waals surface area contributed by atoms with E-state index in [1.165, 1.54) is 37.4 Å². The van der Waals surface area contributed by atoms with Crippen molar-refractivity contribution in [1.82, 2.24) is 19.4 Å². The highest BCUT2D eigenvalue weighted by Gasteiger charge is 2.44. The topological polar surface area (TPSA) is 103 Å². The molecule has 1 aliphatic rings. The van der Waals surface area contributed by atoms with Gasteiger partial charge < -0.3 is 23.7 Å². The molecular weight excluding hydrogens is 471 g/mol. The van der Waals surface area contributed by atoms with E-state index < -0.39 is 35.7 Å². The Kier molecular flexibility index (Phi) is 8.34. The molecule has 0 bridgehead atoms. The third-order valence-electron chi connectivity index (χ3n) is 6.05. The molecule has 1 saturated heterocycles. The molecule has 3 unspecified atom stereocenters. The maximum absolute atomic E-state index is 13.5. The van der Waals surface area contributed by atoms with E-state index in [9.17, 15) is 18.8 Å². The Morgan fingerprint density at radius 1 is 1.08 bits per heavy atom. The number of amides is 1. The number of methoxy groups -OCH3 is 2. The van der Waals surface area contributed by atoms with E-state index >= 15 is 0 Å². The third kappa shape index (κ3) is 6.01. The summed E-state index contributed by atoms with van der Waals surface area (Å²) in [7, 11) is 2.52. The standard InChI is InChI=1S/C25H33FN4O6/c1-16(17-7-9-18(26)10-8-17)30-15-27-13-19(30)21(23(32)35-6)29-12-11-28(14-20(29)22(31)34-5)24(33)36-25(2,3)4/h7-10,13,15-16,20-21H,11-12,14H2,1-6H3. The minimum Gasteiger partial charge on any atom is -0.468 e. The first-order valence-electron chi connectivity index (χ1n) is 11.6. The van der Waals surface area contributed by atoms with Crippen LogP contribution >= 0.6 is 0 Å². The molecule has 1 aromatic heterocycles. The molecule has 0 N–H and O–H groups in total. The summed E-state index contributed by atoms with van der Waals surface area (Å²) in [6.07, 6.45) is 2.56. The van der Waals surface area contributed by atoms with Crippen LogP contribution in [0.1, 0.15) is 51.0 Å². The molecule has 2 aromatic rings. The third-order valence-corrected chi connectivity index (χ3v) is 6.05. The lowest BCUT2D eigenvalue weighted by atomic mass is 10.0. The summed E-state index contributed by atoms with van der Waals surface area (Å²) in [5, 5.41) is 0. The van der Waals surface area contributed by atoms with Crippen molar-refractivity contribution in [1.29, 1.82) is 0 Å². The van der Waals surface area contributed by atoms with Gasteiger partial charge in [0.25, 0.3) is 0 Å². The van der Waals surface area contributed by atoms with Crippen LogP contribution < -0.4 is 0 Å². The summed E-state index contributed by atoms with van der Waals surface area (Å²) in [4.78, 5) is 46.0. The van der Waals surface area contributed by atoms with Gasteiger partial charge in [0.05, 0.1) is 45.0 Å². The number of halogens is 1. The fourth-order valence-corrected chi connectivity index (χ4v) is 4.23. The van der Waals surface area contributed by atoms with Crippen molar-refractivity contribution in [2.75, 3.05) is 33.9 Å². The van der Waals surface area contributed by atoms with E-state index in [1.54, 1.807) is 48.7 Å². The Hall–Kier alpha value is -3.47. The Bertz CT molecular complexity index is 1080. The predicted octanol–water partition coefficient (Wildman–Crippen LogP) is 2.94. The van der Waals surface area contributed by atoms with Gasteiger partial charge in [-0.1, -0.05) is 12.1 Å². The first-order chi connectivity index (χ1) is 17.0. The van der Waals surface area contributed by atoms with E-state index in [0.29, 0.717) is 5.69 Å². The van der Waals surface area contributed by atoms with Crippen molar-refractivity contribution in [3.63, 3.8) is 0 Å². The highest BCUT2D eigenvalue weighted by Crippen LogP contribution is 2.31. The highest BCUT2D eigenvalue weighted by molar-refractivity contribution is 5.81. The monoisotopic (exact) mass is 504 g/mol. The number of esters is 2. The van der Waals surface area contributed by atoms with Crippen LogP contribution in [0.3, 0.4) is 0 Å². The first-order valence-corrected chi connectivity index (χ1v) is 11.6. The van der Waals surface area contributed by atoms with E-state index in [1.807, 2.05) is 6.92 Å². The quantitative estimate of drug-likeness (QED) is 0.437. The second kappa shape index (κ2) is 11.1. The van der Waals surface area contributed by atoms with Crippen LogP contribution in [0, 0.1) is 5.82 Å².